The van der Waals surface area contributed by atoms with Gasteiger partial charge < -0.3 is 10.1 Å². The lowest BCUT2D eigenvalue weighted by Gasteiger charge is -2.13. The van der Waals surface area contributed by atoms with Crippen LogP contribution in [0.25, 0.3) is 0 Å². The van der Waals surface area contributed by atoms with Crippen LogP contribution in [0.5, 0.6) is 0 Å². The van der Waals surface area contributed by atoms with Crippen molar-refractivity contribution in [3.8, 4) is 0 Å². The van der Waals surface area contributed by atoms with Gasteiger partial charge in [0.2, 0.25) is 10.0 Å². The van der Waals surface area contributed by atoms with Gasteiger partial charge in [0.25, 0.3) is 5.91 Å². The minimum Gasteiger partial charge on any atom is -0.449 e. The van der Waals surface area contributed by atoms with Crippen molar-refractivity contribution < 1.29 is 22.7 Å². The van der Waals surface area contributed by atoms with Crippen LogP contribution < -0.4 is 10.0 Å². The Morgan fingerprint density at radius 3 is 2.58 bits per heavy atom. The average Bonchev–Trinajstić information content (AvgIpc) is 2.63. The summed E-state index contributed by atoms with van der Waals surface area (Å²) in [6.07, 6.45) is 0.242. The third kappa shape index (κ3) is 5.01. The molecule has 0 aliphatic heterocycles. The molecule has 0 aliphatic rings. The van der Waals surface area contributed by atoms with Gasteiger partial charge in [0.05, 0.1) is 15.5 Å². The van der Waals surface area contributed by atoms with Crippen LogP contribution in [0.15, 0.2) is 47.5 Å². The molecule has 1 unspecified atom stereocenters. The molecular formula is C16H16ClN3O5S. The largest absolute Gasteiger partial charge is 0.449 e. The number of nitrogens with one attached hydrogen (secondary N) is 2. The van der Waals surface area contributed by atoms with Crippen molar-refractivity contribution in [1.29, 1.82) is 0 Å². The zero-order valence-corrected chi connectivity index (χ0v) is 15.5. The Hall–Kier alpha value is -2.49. The molecule has 8 nitrogen and oxygen atoms in total. The molecule has 0 saturated heterocycles. The summed E-state index contributed by atoms with van der Waals surface area (Å²) in [7, 11) is -2.44. The first-order valence-corrected chi connectivity index (χ1v) is 9.26. The number of aromatic nitrogens is 1. The lowest BCUT2D eigenvalue weighted by molar-refractivity contribution is -0.123. The van der Waals surface area contributed by atoms with Crippen LogP contribution in [0.3, 0.4) is 0 Å². The van der Waals surface area contributed by atoms with E-state index < -0.39 is 28.0 Å². The lowest BCUT2D eigenvalue weighted by Crippen LogP contribution is -2.30. The third-order valence-corrected chi connectivity index (χ3v) is 4.92. The SMILES string of the molecule is CNS(=O)(=O)c1cccc(C(=O)OC(C)C(=O)Nc2ccc(Cl)cn2)c1. The van der Waals surface area contributed by atoms with Crippen molar-refractivity contribution in [3.63, 3.8) is 0 Å². The number of rotatable bonds is 6. The van der Waals surface area contributed by atoms with Gasteiger partial charge in [-0.2, -0.15) is 0 Å². The van der Waals surface area contributed by atoms with Crippen LogP contribution in [0.1, 0.15) is 17.3 Å². The molecule has 1 aromatic carbocycles. The maximum atomic E-state index is 12.2. The number of nitrogens with zero attached hydrogens (tertiary/aromatic N) is 1. The summed E-state index contributed by atoms with van der Waals surface area (Å²) in [5.41, 5.74) is 0.00518. The Bertz CT molecular complexity index is 916. The van der Waals surface area contributed by atoms with Crippen molar-refractivity contribution in [2.75, 3.05) is 12.4 Å². The molecular weight excluding hydrogens is 382 g/mol. The van der Waals surface area contributed by atoms with Gasteiger partial charge in [-0.1, -0.05) is 17.7 Å². The Morgan fingerprint density at radius 2 is 1.96 bits per heavy atom. The number of hydrogen-bond acceptors (Lipinski definition) is 6. The van der Waals surface area contributed by atoms with Crippen molar-refractivity contribution in [3.05, 3.63) is 53.2 Å². The Morgan fingerprint density at radius 1 is 1.23 bits per heavy atom. The number of carbonyl (C=O) groups is 2. The fourth-order valence-corrected chi connectivity index (χ4v) is 2.76. The molecule has 26 heavy (non-hydrogen) atoms. The van der Waals surface area contributed by atoms with Gasteiger partial charge in [-0.25, -0.2) is 22.9 Å². The molecule has 2 N–H and O–H groups in total. The number of sulfonamides is 1. The van der Waals surface area contributed by atoms with Gasteiger partial charge in [-0.05, 0) is 44.3 Å². The van der Waals surface area contributed by atoms with E-state index in [-0.39, 0.29) is 16.3 Å². The monoisotopic (exact) mass is 397 g/mol. The number of amides is 1. The lowest BCUT2D eigenvalue weighted by atomic mass is 10.2. The van der Waals surface area contributed by atoms with Gasteiger partial charge in [-0.3, -0.25) is 4.79 Å². The molecule has 1 heterocycles. The Kier molecular flexibility index (Phi) is 6.30. The van der Waals surface area contributed by atoms with Gasteiger partial charge >= 0.3 is 5.97 Å². The van der Waals surface area contributed by atoms with Crippen molar-refractivity contribution >= 4 is 39.3 Å². The molecule has 0 aliphatic carbocycles. The number of benzene rings is 1. The molecule has 2 rings (SSSR count). The summed E-state index contributed by atoms with van der Waals surface area (Å²) in [4.78, 5) is 28.1. The summed E-state index contributed by atoms with van der Waals surface area (Å²) in [5, 5.41) is 2.89. The number of hydrogen-bond donors (Lipinski definition) is 2. The predicted octanol–water partition coefficient (Wildman–Crippen LogP) is 1.83. The first-order valence-electron chi connectivity index (χ1n) is 7.40. The summed E-state index contributed by atoms with van der Waals surface area (Å²) in [6.45, 7) is 1.39. The molecule has 0 saturated carbocycles. The van der Waals surface area contributed by atoms with Crippen LogP contribution in [0.4, 0.5) is 5.82 Å². The molecule has 0 radical (unpaired) electrons. The molecule has 0 fully saturated rings. The topological polar surface area (TPSA) is 114 Å². The van der Waals surface area contributed by atoms with E-state index >= 15 is 0 Å². The fourth-order valence-electron chi connectivity index (χ4n) is 1.87. The van der Waals surface area contributed by atoms with Crippen LogP contribution in [0.2, 0.25) is 5.02 Å². The van der Waals surface area contributed by atoms with E-state index in [1.54, 1.807) is 6.07 Å². The zero-order chi connectivity index (χ0) is 19.3. The van der Waals surface area contributed by atoms with Gasteiger partial charge in [0.1, 0.15) is 5.82 Å². The highest BCUT2D eigenvalue weighted by Gasteiger charge is 2.21. The van der Waals surface area contributed by atoms with Gasteiger partial charge in [-0.15, -0.1) is 0 Å². The van der Waals surface area contributed by atoms with Crippen LogP contribution in [-0.4, -0.2) is 38.4 Å². The highest BCUT2D eigenvalue weighted by Crippen LogP contribution is 2.14. The normalized spacial score (nSPS) is 12.3. The summed E-state index contributed by atoms with van der Waals surface area (Å²) in [6, 6.07) is 8.35. The Labute approximate surface area is 155 Å². The molecule has 1 atom stereocenters. The predicted molar refractivity (Wildman–Crippen MR) is 95.4 cm³/mol. The second kappa shape index (κ2) is 8.26. The van der Waals surface area contributed by atoms with Crippen molar-refractivity contribution in [2.45, 2.75) is 17.9 Å². The Balaban J connectivity index is 2.05. The quantitative estimate of drug-likeness (QED) is 0.718. The van der Waals surface area contributed by atoms with Gasteiger partial charge in [0, 0.05) is 6.20 Å². The van der Waals surface area contributed by atoms with E-state index in [2.05, 4.69) is 15.0 Å². The summed E-state index contributed by atoms with van der Waals surface area (Å²) in [5.74, 6) is -1.17. The van der Waals surface area contributed by atoms with Crippen LogP contribution >= 0.6 is 11.6 Å². The molecule has 2 aromatic rings. The molecule has 10 heteroatoms. The number of halogens is 1. The van der Waals surface area contributed by atoms with Gasteiger partial charge in [0.15, 0.2) is 6.10 Å². The van der Waals surface area contributed by atoms with E-state index in [9.17, 15) is 18.0 Å². The maximum Gasteiger partial charge on any atom is 0.338 e. The summed E-state index contributed by atoms with van der Waals surface area (Å²) < 4.78 is 30.8. The van der Waals surface area contributed by atoms with Crippen LogP contribution in [0, 0.1) is 0 Å². The highest BCUT2D eigenvalue weighted by molar-refractivity contribution is 7.89. The minimum absolute atomic E-state index is 0.00518. The number of anilines is 1. The highest BCUT2D eigenvalue weighted by atomic mass is 35.5. The number of ether oxygens (including phenoxy) is 1. The second-order valence-electron chi connectivity index (χ2n) is 5.13. The van der Waals surface area contributed by atoms with Crippen molar-refractivity contribution in [1.82, 2.24) is 9.71 Å². The zero-order valence-electron chi connectivity index (χ0n) is 13.9. The van der Waals surface area contributed by atoms with Crippen molar-refractivity contribution in [2.24, 2.45) is 0 Å². The van der Waals surface area contributed by atoms with Crippen LogP contribution in [-0.2, 0) is 19.6 Å². The third-order valence-electron chi connectivity index (χ3n) is 3.28. The van der Waals surface area contributed by atoms with E-state index in [1.165, 1.54) is 50.5 Å². The smallest absolute Gasteiger partial charge is 0.338 e. The van der Waals surface area contributed by atoms with E-state index in [0.717, 1.165) is 0 Å². The number of pyridine rings is 1. The van der Waals surface area contributed by atoms with E-state index in [1.807, 2.05) is 0 Å². The maximum absolute atomic E-state index is 12.2. The second-order valence-corrected chi connectivity index (χ2v) is 7.46. The first-order chi connectivity index (χ1) is 12.2. The standard InChI is InChI=1S/C16H16ClN3O5S/c1-10(15(21)20-14-7-6-12(17)9-19-14)25-16(22)11-4-3-5-13(8-11)26(23,24)18-2/h3-10,18H,1-2H3,(H,19,20,21). The molecule has 1 aromatic heterocycles. The molecule has 138 valence electrons. The number of esters is 1. The number of carbonyl (C=O) groups excluding carboxylic acids is 2. The summed E-state index contributed by atoms with van der Waals surface area (Å²) >= 11 is 5.71. The average molecular weight is 398 g/mol. The fraction of sp³-hybridized carbons (Fsp3) is 0.188. The van der Waals surface area contributed by atoms with E-state index in [4.69, 9.17) is 16.3 Å². The van der Waals surface area contributed by atoms with E-state index in [0.29, 0.717) is 5.02 Å². The molecule has 0 spiro atoms. The minimum atomic E-state index is -3.70. The first kappa shape index (κ1) is 19.8. The molecule has 1 amide bonds. The molecule has 0 bridgehead atoms.